The topological polar surface area (TPSA) is 78.9 Å². The van der Waals surface area contributed by atoms with Gasteiger partial charge >= 0.3 is 30.3 Å². The molecule has 0 radical (unpaired) electrons. The molecule has 0 N–H and O–H groups in total. The summed E-state index contributed by atoms with van der Waals surface area (Å²) < 4.78 is 59.6. The van der Waals surface area contributed by atoms with E-state index in [1.165, 1.54) is 21.0 Å². The molecule has 6 nitrogen and oxygen atoms in total. The van der Waals surface area contributed by atoms with Gasteiger partial charge in [0.05, 0.1) is 13.7 Å². The highest BCUT2D eigenvalue weighted by Crippen LogP contribution is 2.23. The van der Waals surface area contributed by atoms with Crippen LogP contribution >= 0.6 is 0 Å². The van der Waals surface area contributed by atoms with Crippen molar-refractivity contribution in [2.24, 2.45) is 0 Å². The van der Waals surface area contributed by atoms with Gasteiger partial charge in [-0.3, -0.25) is 4.79 Å². The Bertz CT molecular complexity index is 449. The first-order valence-corrected chi connectivity index (χ1v) is 6.67. The largest absolute Gasteiger partial charge is 0.466 e. The summed E-state index contributed by atoms with van der Waals surface area (Å²) in [5, 5.41) is 0. The standard InChI is InChI=1S/C7H8F4O2.C4H6O2.C4H8O2/c1-4(2)5(12)13-3-7(10,11)6(8)9;1-3-4(5)6-2;1-3-6-4(2)5/h6H,1,3H2,2H3;3H,1H2,2H3;3H2,1-2H3. The highest BCUT2D eigenvalue weighted by atomic mass is 19.3. The number of carbonyl (C=O) groups is 3. The molecule has 0 bridgehead atoms. The number of alkyl halides is 4. The molecule has 0 aromatic rings. The van der Waals surface area contributed by atoms with Gasteiger partial charge in [0.2, 0.25) is 0 Å². The Morgan fingerprint density at radius 3 is 1.80 bits per heavy atom. The molecule has 0 aromatic heterocycles. The van der Waals surface area contributed by atoms with Gasteiger partial charge in [0.1, 0.15) is 0 Å². The van der Waals surface area contributed by atoms with Crippen molar-refractivity contribution in [3.05, 3.63) is 24.8 Å². The number of carbonyl (C=O) groups excluding carboxylic acids is 3. The van der Waals surface area contributed by atoms with Crippen molar-refractivity contribution in [2.45, 2.75) is 33.1 Å². The Balaban J connectivity index is -0.000000336. The zero-order valence-corrected chi connectivity index (χ0v) is 14.4. The third-order valence-electron chi connectivity index (χ3n) is 1.78. The minimum absolute atomic E-state index is 0.120. The Labute approximate surface area is 143 Å². The predicted molar refractivity (Wildman–Crippen MR) is 81.2 cm³/mol. The fraction of sp³-hybridized carbons (Fsp3) is 0.533. The second-order valence-corrected chi connectivity index (χ2v) is 4.07. The first kappa shape index (κ1) is 27.5. The monoisotopic (exact) mass is 374 g/mol. The minimum Gasteiger partial charge on any atom is -0.466 e. The van der Waals surface area contributed by atoms with Crippen molar-refractivity contribution >= 4 is 17.9 Å². The van der Waals surface area contributed by atoms with Crippen LogP contribution in [0.4, 0.5) is 17.6 Å². The van der Waals surface area contributed by atoms with Gasteiger partial charge in [0.25, 0.3) is 0 Å². The molecule has 10 heteroatoms. The van der Waals surface area contributed by atoms with Crippen LogP contribution in [0.25, 0.3) is 0 Å². The summed E-state index contributed by atoms with van der Waals surface area (Å²) >= 11 is 0. The lowest BCUT2D eigenvalue weighted by Crippen LogP contribution is -2.33. The van der Waals surface area contributed by atoms with Crippen LogP contribution in [0.2, 0.25) is 0 Å². The number of methoxy groups -OCH3 is 1. The van der Waals surface area contributed by atoms with Crippen molar-refractivity contribution in [3.63, 3.8) is 0 Å². The first-order valence-electron chi connectivity index (χ1n) is 6.67. The van der Waals surface area contributed by atoms with E-state index in [0.717, 1.165) is 6.08 Å². The van der Waals surface area contributed by atoms with Crippen LogP contribution in [-0.4, -0.2) is 50.6 Å². The summed E-state index contributed by atoms with van der Waals surface area (Å²) in [5.74, 6) is -6.02. The molecule has 0 amide bonds. The number of hydrogen-bond acceptors (Lipinski definition) is 6. The molecule has 0 rings (SSSR count). The van der Waals surface area contributed by atoms with Crippen molar-refractivity contribution in [1.82, 2.24) is 0 Å². The van der Waals surface area contributed by atoms with E-state index in [9.17, 15) is 31.9 Å². The minimum atomic E-state index is -4.30. The lowest BCUT2D eigenvalue weighted by molar-refractivity contribution is -0.176. The molecule has 0 aliphatic heterocycles. The maximum Gasteiger partial charge on any atom is 0.340 e. The molecule has 0 spiro atoms. The number of ether oxygens (including phenoxy) is 3. The normalized spacial score (nSPS) is 9.48. The lowest BCUT2D eigenvalue weighted by atomic mass is 10.3. The fourth-order valence-electron chi connectivity index (χ4n) is 0.635. The van der Waals surface area contributed by atoms with E-state index in [2.05, 4.69) is 27.4 Å². The smallest absolute Gasteiger partial charge is 0.340 e. The summed E-state index contributed by atoms with van der Waals surface area (Å²) in [6.45, 7) is 9.50. The van der Waals surface area contributed by atoms with Crippen LogP contribution in [0.15, 0.2) is 24.8 Å². The summed E-state index contributed by atoms with van der Waals surface area (Å²) in [6, 6.07) is 0. The van der Waals surface area contributed by atoms with Crippen molar-refractivity contribution < 1.29 is 46.2 Å². The second kappa shape index (κ2) is 15.2. The predicted octanol–water partition coefficient (Wildman–Crippen LogP) is 2.92. The van der Waals surface area contributed by atoms with E-state index >= 15 is 0 Å². The van der Waals surface area contributed by atoms with E-state index in [1.807, 2.05) is 0 Å². The second-order valence-electron chi connectivity index (χ2n) is 4.07. The van der Waals surface area contributed by atoms with Crippen LogP contribution in [0.5, 0.6) is 0 Å². The Morgan fingerprint density at radius 1 is 1.16 bits per heavy atom. The van der Waals surface area contributed by atoms with Gasteiger partial charge < -0.3 is 14.2 Å². The SMILES string of the molecule is C=C(C)C(=O)OCC(F)(F)C(F)F.C=CC(=O)OC.CCOC(C)=O. The summed E-state index contributed by atoms with van der Waals surface area (Å²) in [7, 11) is 1.31. The molecule has 0 aliphatic rings. The van der Waals surface area contributed by atoms with Crippen LogP contribution in [-0.2, 0) is 28.6 Å². The highest BCUT2D eigenvalue weighted by Gasteiger charge is 2.42. The van der Waals surface area contributed by atoms with E-state index in [1.54, 1.807) is 6.92 Å². The zero-order valence-electron chi connectivity index (χ0n) is 14.4. The van der Waals surface area contributed by atoms with Crippen LogP contribution in [0, 0.1) is 0 Å². The number of rotatable bonds is 6. The van der Waals surface area contributed by atoms with Gasteiger partial charge in [-0.2, -0.15) is 8.78 Å². The van der Waals surface area contributed by atoms with E-state index in [-0.39, 0.29) is 11.5 Å². The maximum atomic E-state index is 12.1. The average Bonchev–Trinajstić information content (AvgIpc) is 2.52. The van der Waals surface area contributed by atoms with Crippen LogP contribution in [0.1, 0.15) is 20.8 Å². The summed E-state index contributed by atoms with van der Waals surface area (Å²) in [5.41, 5.74) is -0.120. The third kappa shape index (κ3) is 19.6. The Morgan fingerprint density at radius 2 is 1.64 bits per heavy atom. The maximum absolute atomic E-state index is 12.1. The molecule has 0 aliphatic carbocycles. The molecule has 0 fully saturated rings. The van der Waals surface area contributed by atoms with E-state index in [0.29, 0.717) is 6.61 Å². The quantitative estimate of drug-likeness (QED) is 0.308. The molecule has 0 atom stereocenters. The molecule has 146 valence electrons. The fourth-order valence-corrected chi connectivity index (χ4v) is 0.635. The number of halogens is 4. The molecular formula is C15H22F4O6. The third-order valence-corrected chi connectivity index (χ3v) is 1.78. The van der Waals surface area contributed by atoms with Crippen LogP contribution < -0.4 is 0 Å². The van der Waals surface area contributed by atoms with Gasteiger partial charge in [0, 0.05) is 18.6 Å². The van der Waals surface area contributed by atoms with Crippen molar-refractivity contribution in [1.29, 1.82) is 0 Å². The van der Waals surface area contributed by atoms with Crippen molar-refractivity contribution in [3.8, 4) is 0 Å². The van der Waals surface area contributed by atoms with Gasteiger partial charge in [-0.25, -0.2) is 18.4 Å². The lowest BCUT2D eigenvalue weighted by Gasteiger charge is -2.14. The molecule has 0 aromatic carbocycles. The Hall–Kier alpha value is -2.39. The number of esters is 3. The Kier molecular flexibility index (Phi) is 16.6. The average molecular weight is 374 g/mol. The number of hydrogen-bond donors (Lipinski definition) is 0. The molecule has 0 saturated carbocycles. The van der Waals surface area contributed by atoms with Gasteiger partial charge in [0.15, 0.2) is 6.61 Å². The van der Waals surface area contributed by atoms with E-state index < -0.39 is 30.9 Å². The zero-order chi connectivity index (χ0) is 20.6. The molecule has 0 heterocycles. The van der Waals surface area contributed by atoms with Gasteiger partial charge in [-0.15, -0.1) is 0 Å². The molecule has 0 unspecified atom stereocenters. The summed E-state index contributed by atoms with van der Waals surface area (Å²) in [6.07, 6.45) is -2.73. The van der Waals surface area contributed by atoms with Crippen molar-refractivity contribution in [2.75, 3.05) is 20.3 Å². The molecule has 0 saturated heterocycles. The molecule has 25 heavy (non-hydrogen) atoms. The highest BCUT2D eigenvalue weighted by molar-refractivity contribution is 5.86. The van der Waals surface area contributed by atoms with Gasteiger partial charge in [-0.05, 0) is 13.8 Å². The van der Waals surface area contributed by atoms with Gasteiger partial charge in [-0.1, -0.05) is 13.2 Å². The molecular weight excluding hydrogens is 352 g/mol. The van der Waals surface area contributed by atoms with Crippen LogP contribution in [0.3, 0.4) is 0 Å². The summed E-state index contributed by atoms with van der Waals surface area (Å²) in [4.78, 5) is 30.2. The van der Waals surface area contributed by atoms with E-state index in [4.69, 9.17) is 0 Å². The first-order chi connectivity index (χ1) is 11.3.